The number of Topliss-reactive ketones (excluding diaryl/α,β-unsaturated/α-hetero) is 1. The van der Waals surface area contributed by atoms with Crippen molar-refractivity contribution >= 4 is 17.1 Å². The summed E-state index contributed by atoms with van der Waals surface area (Å²) in [6.07, 6.45) is 2.64. The summed E-state index contributed by atoms with van der Waals surface area (Å²) in [6.45, 7) is 3.11. The van der Waals surface area contributed by atoms with Crippen LogP contribution in [0.4, 0.5) is 0 Å². The van der Waals surface area contributed by atoms with Crippen LogP contribution in [-0.2, 0) is 11.2 Å². The fourth-order valence-electron chi connectivity index (χ4n) is 2.19. The quantitative estimate of drug-likeness (QED) is 0.848. The maximum Gasteiger partial charge on any atom is 0.137 e. The molecule has 1 aromatic heterocycles. The Morgan fingerprint density at radius 3 is 3.13 bits per heavy atom. The highest BCUT2D eigenvalue weighted by molar-refractivity contribution is 7.09. The highest BCUT2D eigenvalue weighted by Crippen LogP contribution is 2.19. The largest absolute Gasteiger partial charge is 0.314 e. The van der Waals surface area contributed by atoms with Gasteiger partial charge < -0.3 is 5.32 Å². The minimum atomic E-state index is 0.255. The van der Waals surface area contributed by atoms with Gasteiger partial charge in [0.2, 0.25) is 0 Å². The number of aryl methyl sites for hydroxylation is 1. The molecule has 0 aliphatic carbocycles. The van der Waals surface area contributed by atoms with Crippen LogP contribution >= 0.6 is 11.3 Å². The molecule has 0 amide bonds. The third-order valence-corrected chi connectivity index (χ3v) is 4.07. The number of carbonyl (C=O) groups is 1. The van der Waals surface area contributed by atoms with E-state index in [0.717, 1.165) is 19.4 Å². The minimum absolute atomic E-state index is 0.255. The molecule has 1 aliphatic rings. The molecule has 0 spiro atoms. The summed E-state index contributed by atoms with van der Waals surface area (Å²) < 4.78 is 0. The van der Waals surface area contributed by atoms with E-state index in [4.69, 9.17) is 0 Å². The van der Waals surface area contributed by atoms with Gasteiger partial charge >= 0.3 is 0 Å². The second-order valence-corrected chi connectivity index (χ2v) is 5.22. The first kappa shape index (κ1) is 10.8. The molecule has 1 fully saturated rings. The van der Waals surface area contributed by atoms with Gasteiger partial charge in [-0.25, -0.2) is 0 Å². The first-order valence-corrected chi connectivity index (χ1v) is 6.44. The van der Waals surface area contributed by atoms with E-state index in [1.807, 2.05) is 6.07 Å². The Kier molecular flexibility index (Phi) is 3.54. The zero-order valence-electron chi connectivity index (χ0n) is 9.03. The van der Waals surface area contributed by atoms with Crippen molar-refractivity contribution < 1.29 is 4.79 Å². The fraction of sp³-hybridized carbons (Fsp3) is 0.583. The van der Waals surface area contributed by atoms with Crippen molar-refractivity contribution in [2.45, 2.75) is 32.2 Å². The molecule has 2 atom stereocenters. The third-order valence-electron chi connectivity index (χ3n) is 3.14. The lowest BCUT2D eigenvalue weighted by atomic mass is 9.94. The van der Waals surface area contributed by atoms with Gasteiger partial charge in [-0.1, -0.05) is 6.07 Å². The average molecular weight is 223 g/mol. The summed E-state index contributed by atoms with van der Waals surface area (Å²) in [5.74, 6) is 0.686. The first-order chi connectivity index (χ1) is 7.27. The summed E-state index contributed by atoms with van der Waals surface area (Å²) in [5, 5.41) is 5.39. The van der Waals surface area contributed by atoms with Crippen molar-refractivity contribution in [1.29, 1.82) is 0 Å². The van der Waals surface area contributed by atoms with E-state index in [0.29, 0.717) is 18.2 Å². The molecule has 0 bridgehead atoms. The van der Waals surface area contributed by atoms with E-state index in [-0.39, 0.29) is 5.92 Å². The van der Waals surface area contributed by atoms with E-state index >= 15 is 0 Å². The van der Waals surface area contributed by atoms with E-state index < -0.39 is 0 Å². The molecule has 82 valence electrons. The van der Waals surface area contributed by atoms with E-state index in [2.05, 4.69) is 23.7 Å². The van der Waals surface area contributed by atoms with Crippen LogP contribution < -0.4 is 5.32 Å². The Morgan fingerprint density at radius 2 is 2.53 bits per heavy atom. The first-order valence-electron chi connectivity index (χ1n) is 5.56. The second kappa shape index (κ2) is 4.90. The summed E-state index contributed by atoms with van der Waals surface area (Å²) in [7, 11) is 0. The van der Waals surface area contributed by atoms with Crippen molar-refractivity contribution in [1.82, 2.24) is 5.32 Å². The lowest BCUT2D eigenvalue weighted by molar-refractivity contribution is -0.122. The Labute approximate surface area is 94.7 Å². The molecular formula is C12H17NOS. The molecule has 2 heterocycles. The SMILES string of the molecule is CC1NCCC1C(=O)CCc1cccs1. The lowest BCUT2D eigenvalue weighted by Gasteiger charge is -2.12. The highest BCUT2D eigenvalue weighted by Gasteiger charge is 2.28. The van der Waals surface area contributed by atoms with Crippen molar-refractivity contribution in [3.63, 3.8) is 0 Å². The fourth-order valence-corrected chi connectivity index (χ4v) is 2.89. The van der Waals surface area contributed by atoms with Gasteiger partial charge in [-0.05, 0) is 37.8 Å². The zero-order valence-corrected chi connectivity index (χ0v) is 9.85. The Hall–Kier alpha value is -0.670. The number of nitrogens with one attached hydrogen (secondary N) is 1. The van der Waals surface area contributed by atoms with Crippen LogP contribution in [0.25, 0.3) is 0 Å². The van der Waals surface area contributed by atoms with Crippen molar-refractivity contribution in [2.75, 3.05) is 6.54 Å². The monoisotopic (exact) mass is 223 g/mol. The molecule has 3 heteroatoms. The Bertz CT molecular complexity index is 320. The number of rotatable bonds is 4. The normalized spacial score (nSPS) is 25.7. The summed E-state index contributed by atoms with van der Waals surface area (Å²) >= 11 is 1.74. The van der Waals surface area contributed by atoms with E-state index in [9.17, 15) is 4.79 Å². The predicted octanol–water partition coefficient (Wildman–Crippen LogP) is 2.25. The number of ketones is 1. The second-order valence-electron chi connectivity index (χ2n) is 4.18. The minimum Gasteiger partial charge on any atom is -0.314 e. The smallest absolute Gasteiger partial charge is 0.137 e. The van der Waals surface area contributed by atoms with E-state index in [1.165, 1.54) is 4.88 Å². The van der Waals surface area contributed by atoms with Crippen LogP contribution in [0.3, 0.4) is 0 Å². The number of carbonyl (C=O) groups excluding carboxylic acids is 1. The lowest BCUT2D eigenvalue weighted by Crippen LogP contribution is -2.28. The van der Waals surface area contributed by atoms with Crippen molar-refractivity contribution in [3.05, 3.63) is 22.4 Å². The molecule has 0 aromatic carbocycles. The highest BCUT2D eigenvalue weighted by atomic mass is 32.1. The molecule has 1 aliphatic heterocycles. The van der Waals surface area contributed by atoms with E-state index in [1.54, 1.807) is 11.3 Å². The molecule has 15 heavy (non-hydrogen) atoms. The topological polar surface area (TPSA) is 29.1 Å². The molecule has 1 N–H and O–H groups in total. The maximum absolute atomic E-state index is 11.9. The predicted molar refractivity (Wildman–Crippen MR) is 63.2 cm³/mol. The maximum atomic E-state index is 11.9. The van der Waals surface area contributed by atoms with Crippen LogP contribution in [0, 0.1) is 5.92 Å². The van der Waals surface area contributed by atoms with Gasteiger partial charge in [0.1, 0.15) is 5.78 Å². The number of hydrogen-bond donors (Lipinski definition) is 1. The zero-order chi connectivity index (χ0) is 10.7. The number of thiophene rings is 1. The molecule has 0 radical (unpaired) electrons. The van der Waals surface area contributed by atoms with Gasteiger partial charge in [0.05, 0.1) is 0 Å². The summed E-state index contributed by atoms with van der Waals surface area (Å²) in [6, 6.07) is 4.53. The van der Waals surface area contributed by atoms with Crippen LogP contribution in [0.1, 0.15) is 24.6 Å². The Balaban J connectivity index is 1.82. The molecule has 1 saturated heterocycles. The summed E-state index contributed by atoms with van der Waals surface area (Å²) in [5.41, 5.74) is 0. The van der Waals surface area contributed by atoms with Crippen LogP contribution in [0.2, 0.25) is 0 Å². The van der Waals surface area contributed by atoms with Crippen LogP contribution in [0.15, 0.2) is 17.5 Å². The third kappa shape index (κ3) is 2.67. The molecule has 2 unspecified atom stereocenters. The molecule has 0 saturated carbocycles. The van der Waals surface area contributed by atoms with Crippen LogP contribution in [0.5, 0.6) is 0 Å². The standard InChI is InChI=1S/C12H17NOS/c1-9-11(6-7-13-9)12(14)5-4-10-3-2-8-15-10/h2-3,8-9,11,13H,4-7H2,1H3. The molecule has 2 rings (SSSR count). The Morgan fingerprint density at radius 1 is 1.67 bits per heavy atom. The van der Waals surface area contributed by atoms with Gasteiger partial charge in [-0.3, -0.25) is 4.79 Å². The molecule has 1 aromatic rings. The van der Waals surface area contributed by atoms with Crippen molar-refractivity contribution in [2.24, 2.45) is 5.92 Å². The average Bonchev–Trinajstić information content (AvgIpc) is 2.84. The number of hydrogen-bond acceptors (Lipinski definition) is 3. The van der Waals surface area contributed by atoms with Crippen LogP contribution in [-0.4, -0.2) is 18.4 Å². The van der Waals surface area contributed by atoms with Gasteiger partial charge in [0.25, 0.3) is 0 Å². The molecule has 2 nitrogen and oxygen atoms in total. The van der Waals surface area contributed by atoms with Crippen molar-refractivity contribution in [3.8, 4) is 0 Å². The van der Waals surface area contributed by atoms with Gasteiger partial charge in [-0.2, -0.15) is 0 Å². The molecular weight excluding hydrogens is 206 g/mol. The van der Waals surface area contributed by atoms with Gasteiger partial charge in [-0.15, -0.1) is 11.3 Å². The summed E-state index contributed by atoms with van der Waals surface area (Å²) in [4.78, 5) is 13.2. The van der Waals surface area contributed by atoms with Gasteiger partial charge in [0.15, 0.2) is 0 Å². The van der Waals surface area contributed by atoms with Gasteiger partial charge in [0, 0.05) is 23.3 Å².